The second kappa shape index (κ2) is 4.65. The number of anilines is 1. The highest BCUT2D eigenvalue weighted by Gasteiger charge is 2.06. The summed E-state index contributed by atoms with van der Waals surface area (Å²) in [5, 5.41) is 2.23. The molecule has 0 aromatic carbocycles. The van der Waals surface area contributed by atoms with Crippen LogP contribution in [0.3, 0.4) is 0 Å². The number of nitrogens with zero attached hydrogens (tertiary/aromatic N) is 2. The monoisotopic (exact) mass is 256 g/mol. The van der Waals surface area contributed by atoms with Crippen LogP contribution in [0.5, 0.6) is 0 Å². The van der Waals surface area contributed by atoms with Crippen LogP contribution in [-0.2, 0) is 6.54 Å². The van der Waals surface area contributed by atoms with Crippen molar-refractivity contribution in [3.63, 3.8) is 0 Å². The van der Waals surface area contributed by atoms with Gasteiger partial charge in [0, 0.05) is 11.6 Å². The van der Waals surface area contributed by atoms with Gasteiger partial charge in [0.05, 0.1) is 17.3 Å². The van der Waals surface area contributed by atoms with E-state index in [4.69, 9.17) is 17.4 Å². The van der Waals surface area contributed by atoms with Crippen LogP contribution in [0.25, 0.3) is 0 Å². The lowest BCUT2D eigenvalue weighted by atomic mass is 10.3. The van der Waals surface area contributed by atoms with Gasteiger partial charge in [-0.25, -0.2) is 10.8 Å². The molecule has 16 heavy (non-hydrogen) atoms. The zero-order valence-electron chi connectivity index (χ0n) is 8.18. The Balaban J connectivity index is 2.34. The van der Waals surface area contributed by atoms with Crippen molar-refractivity contribution in [3.8, 4) is 0 Å². The van der Waals surface area contributed by atoms with Gasteiger partial charge in [0.25, 0.3) is 0 Å². The van der Waals surface area contributed by atoms with Crippen molar-refractivity contribution in [1.29, 1.82) is 0 Å². The molecule has 3 N–H and O–H groups in total. The number of nitrogens with one attached hydrogen (secondary N) is 1. The number of nitrogen functional groups attached to an aromatic ring is 1. The van der Waals surface area contributed by atoms with E-state index in [2.05, 4.69) is 10.4 Å². The lowest BCUT2D eigenvalue weighted by molar-refractivity contribution is 0.762. The average molecular weight is 257 g/mol. The minimum atomic E-state index is -0.0380. The lowest BCUT2D eigenvalue weighted by Crippen LogP contribution is -2.15. The molecule has 7 heteroatoms. The molecule has 2 rings (SSSR count). The summed E-state index contributed by atoms with van der Waals surface area (Å²) in [5.41, 5.74) is 3.04. The molecule has 0 bridgehead atoms. The SMILES string of the molecule is NNc1ccc(Cl)c(Cn2ccsc2=O)n1. The Morgan fingerprint density at radius 1 is 1.56 bits per heavy atom. The largest absolute Gasteiger partial charge is 0.308 e. The first kappa shape index (κ1) is 11.1. The molecule has 2 heterocycles. The summed E-state index contributed by atoms with van der Waals surface area (Å²) in [6.07, 6.45) is 1.70. The molecule has 0 spiro atoms. The minimum Gasteiger partial charge on any atom is -0.308 e. The Morgan fingerprint density at radius 2 is 2.38 bits per heavy atom. The standard InChI is InChI=1S/C9H9ClN4OS/c10-6-1-2-8(13-11)12-7(6)5-14-3-4-16-9(14)15/h1-4H,5,11H2,(H,12,13). The topological polar surface area (TPSA) is 72.9 Å². The Bertz CT molecular complexity index is 550. The van der Waals surface area contributed by atoms with Crippen molar-refractivity contribution in [2.45, 2.75) is 6.54 Å². The molecule has 0 saturated carbocycles. The highest BCUT2D eigenvalue weighted by atomic mass is 35.5. The number of thiazole rings is 1. The van der Waals surface area contributed by atoms with Crippen molar-refractivity contribution in [3.05, 3.63) is 44.1 Å². The molecular formula is C9H9ClN4OS. The number of hydrogen-bond donors (Lipinski definition) is 2. The highest BCUT2D eigenvalue weighted by Crippen LogP contribution is 2.16. The van der Waals surface area contributed by atoms with Crippen molar-refractivity contribution >= 4 is 28.8 Å². The normalized spacial score (nSPS) is 10.4. The molecule has 0 atom stereocenters. The van der Waals surface area contributed by atoms with Crippen LogP contribution in [0, 0.1) is 0 Å². The van der Waals surface area contributed by atoms with Crippen LogP contribution in [0.2, 0.25) is 5.02 Å². The predicted molar refractivity (Wildman–Crippen MR) is 64.7 cm³/mol. The van der Waals surface area contributed by atoms with E-state index in [1.165, 1.54) is 0 Å². The maximum Gasteiger partial charge on any atom is 0.307 e. The number of rotatable bonds is 3. The summed E-state index contributed by atoms with van der Waals surface area (Å²) >= 11 is 7.12. The third-order valence-corrected chi connectivity index (χ3v) is 3.07. The number of hydrogen-bond acceptors (Lipinski definition) is 5. The van der Waals surface area contributed by atoms with Crippen LogP contribution < -0.4 is 16.1 Å². The van der Waals surface area contributed by atoms with Gasteiger partial charge in [0.1, 0.15) is 5.82 Å². The number of nitrogens with two attached hydrogens (primary N) is 1. The minimum absolute atomic E-state index is 0.0380. The van der Waals surface area contributed by atoms with Crippen LogP contribution in [0.15, 0.2) is 28.5 Å². The van der Waals surface area contributed by atoms with E-state index < -0.39 is 0 Å². The molecule has 0 fully saturated rings. The van der Waals surface area contributed by atoms with E-state index in [-0.39, 0.29) is 4.87 Å². The fraction of sp³-hybridized carbons (Fsp3) is 0.111. The van der Waals surface area contributed by atoms with Gasteiger partial charge < -0.3 is 5.43 Å². The van der Waals surface area contributed by atoms with Gasteiger partial charge in [-0.3, -0.25) is 9.36 Å². The average Bonchev–Trinajstić information content (AvgIpc) is 2.68. The van der Waals surface area contributed by atoms with E-state index in [1.54, 1.807) is 28.3 Å². The van der Waals surface area contributed by atoms with E-state index in [1.807, 2.05) is 0 Å². The summed E-state index contributed by atoms with van der Waals surface area (Å²) in [6, 6.07) is 3.36. The Labute approximate surface area is 100 Å². The third-order valence-electron chi connectivity index (χ3n) is 2.03. The van der Waals surface area contributed by atoms with Gasteiger partial charge in [0.2, 0.25) is 0 Å². The van der Waals surface area contributed by atoms with Gasteiger partial charge in [-0.15, -0.1) is 0 Å². The third kappa shape index (κ3) is 2.24. The Morgan fingerprint density at radius 3 is 3.00 bits per heavy atom. The van der Waals surface area contributed by atoms with E-state index in [9.17, 15) is 4.79 Å². The summed E-state index contributed by atoms with van der Waals surface area (Å²) < 4.78 is 1.54. The van der Waals surface area contributed by atoms with Gasteiger partial charge in [-0.1, -0.05) is 22.9 Å². The van der Waals surface area contributed by atoms with Gasteiger partial charge in [-0.2, -0.15) is 0 Å². The molecule has 2 aromatic heterocycles. The van der Waals surface area contributed by atoms with E-state index in [0.29, 0.717) is 23.1 Å². The number of aromatic nitrogens is 2. The summed E-state index contributed by atoms with van der Waals surface area (Å²) in [4.78, 5) is 15.5. The van der Waals surface area contributed by atoms with Gasteiger partial charge >= 0.3 is 4.87 Å². The Hall–Kier alpha value is -1.37. The van der Waals surface area contributed by atoms with Crippen LogP contribution in [-0.4, -0.2) is 9.55 Å². The van der Waals surface area contributed by atoms with Crippen molar-refractivity contribution in [2.75, 3.05) is 5.43 Å². The first-order chi connectivity index (χ1) is 7.70. The first-order valence-electron chi connectivity index (χ1n) is 4.46. The van der Waals surface area contributed by atoms with Gasteiger partial charge in [0.15, 0.2) is 0 Å². The van der Waals surface area contributed by atoms with Crippen molar-refractivity contribution in [1.82, 2.24) is 9.55 Å². The smallest absolute Gasteiger partial charge is 0.307 e. The number of hydrazine groups is 1. The van der Waals surface area contributed by atoms with Crippen molar-refractivity contribution in [2.24, 2.45) is 5.84 Å². The fourth-order valence-corrected chi connectivity index (χ4v) is 1.99. The molecule has 0 radical (unpaired) electrons. The maximum absolute atomic E-state index is 11.4. The summed E-state index contributed by atoms with van der Waals surface area (Å²) in [7, 11) is 0. The molecule has 0 saturated heterocycles. The van der Waals surface area contributed by atoms with Crippen LogP contribution >= 0.6 is 22.9 Å². The highest BCUT2D eigenvalue weighted by molar-refractivity contribution is 7.07. The molecule has 0 aliphatic rings. The maximum atomic E-state index is 11.4. The molecular weight excluding hydrogens is 248 g/mol. The second-order valence-electron chi connectivity index (χ2n) is 3.07. The zero-order valence-corrected chi connectivity index (χ0v) is 9.76. The van der Waals surface area contributed by atoms with Crippen LogP contribution in [0.4, 0.5) is 5.82 Å². The van der Waals surface area contributed by atoms with Crippen molar-refractivity contribution < 1.29 is 0 Å². The Kier molecular flexibility index (Phi) is 3.23. The zero-order chi connectivity index (χ0) is 11.5. The number of halogens is 1. The first-order valence-corrected chi connectivity index (χ1v) is 5.72. The molecule has 0 aliphatic heterocycles. The van der Waals surface area contributed by atoms with E-state index >= 15 is 0 Å². The second-order valence-corrected chi connectivity index (χ2v) is 4.33. The molecule has 84 valence electrons. The fourth-order valence-electron chi connectivity index (χ4n) is 1.24. The van der Waals surface area contributed by atoms with Crippen LogP contribution in [0.1, 0.15) is 5.69 Å². The number of pyridine rings is 1. The predicted octanol–water partition coefficient (Wildman–Crippen LogP) is 1.29. The van der Waals surface area contributed by atoms with E-state index in [0.717, 1.165) is 11.3 Å². The lowest BCUT2D eigenvalue weighted by Gasteiger charge is -2.06. The molecule has 2 aromatic rings. The molecule has 0 amide bonds. The molecule has 0 unspecified atom stereocenters. The quantitative estimate of drug-likeness (QED) is 0.641. The van der Waals surface area contributed by atoms with Gasteiger partial charge in [-0.05, 0) is 12.1 Å². The summed E-state index contributed by atoms with van der Waals surface area (Å²) in [6.45, 7) is 0.344. The molecule has 0 aliphatic carbocycles. The summed E-state index contributed by atoms with van der Waals surface area (Å²) in [5.74, 6) is 5.77. The molecule has 5 nitrogen and oxygen atoms in total.